The smallest absolute Gasteiger partial charge is 0.340 e. The van der Waals surface area contributed by atoms with E-state index in [9.17, 15) is 9.59 Å². The van der Waals surface area contributed by atoms with Gasteiger partial charge in [0.05, 0.1) is 30.5 Å². The highest BCUT2D eigenvalue weighted by Crippen LogP contribution is 2.22. The molecule has 0 aliphatic rings. The Morgan fingerprint density at radius 1 is 1.12 bits per heavy atom. The molecule has 0 saturated heterocycles. The predicted molar refractivity (Wildman–Crippen MR) is 101 cm³/mol. The number of aryl methyl sites for hydroxylation is 1. The second-order valence-electron chi connectivity index (χ2n) is 6.03. The molecule has 1 aromatic carbocycles. The molecule has 2 rings (SSSR count). The highest BCUT2D eigenvalue weighted by atomic mass is 16.5. The number of nitrogens with one attached hydrogen (secondary N) is 2. The molecule has 26 heavy (non-hydrogen) atoms. The average molecular weight is 358 g/mol. The van der Waals surface area contributed by atoms with Gasteiger partial charge in [-0.25, -0.2) is 4.79 Å². The van der Waals surface area contributed by atoms with Gasteiger partial charge in [-0.1, -0.05) is 0 Å². The Bertz CT molecular complexity index is 778. The van der Waals surface area contributed by atoms with Gasteiger partial charge in [0.15, 0.2) is 0 Å². The summed E-state index contributed by atoms with van der Waals surface area (Å²) >= 11 is 0. The van der Waals surface area contributed by atoms with Crippen molar-refractivity contribution < 1.29 is 19.1 Å². The summed E-state index contributed by atoms with van der Waals surface area (Å²) in [6.45, 7) is 9.89. The third-order valence-electron chi connectivity index (χ3n) is 4.11. The van der Waals surface area contributed by atoms with Crippen molar-refractivity contribution in [3.8, 4) is 5.75 Å². The van der Waals surface area contributed by atoms with Crippen LogP contribution in [0.2, 0.25) is 0 Å². The Morgan fingerprint density at radius 2 is 1.77 bits per heavy atom. The van der Waals surface area contributed by atoms with E-state index in [-0.39, 0.29) is 5.78 Å². The van der Waals surface area contributed by atoms with Gasteiger partial charge in [-0.2, -0.15) is 0 Å². The number of benzene rings is 1. The summed E-state index contributed by atoms with van der Waals surface area (Å²) in [6, 6.07) is 6.98. The molecule has 6 nitrogen and oxygen atoms in total. The monoisotopic (exact) mass is 358 g/mol. The van der Waals surface area contributed by atoms with E-state index in [0.717, 1.165) is 11.4 Å². The van der Waals surface area contributed by atoms with Crippen LogP contribution in [0.1, 0.15) is 52.9 Å². The number of aromatic amines is 1. The van der Waals surface area contributed by atoms with Gasteiger partial charge < -0.3 is 19.8 Å². The lowest BCUT2D eigenvalue weighted by Crippen LogP contribution is -2.27. The molecule has 0 aliphatic carbocycles. The van der Waals surface area contributed by atoms with Gasteiger partial charge in [-0.05, 0) is 64.4 Å². The fraction of sp³-hybridized carbons (Fsp3) is 0.400. The number of H-pyrrole nitrogens is 1. The van der Waals surface area contributed by atoms with Crippen molar-refractivity contribution in [3.63, 3.8) is 0 Å². The van der Waals surface area contributed by atoms with Crippen LogP contribution in [0.4, 0.5) is 5.69 Å². The number of ketones is 1. The third-order valence-corrected chi connectivity index (χ3v) is 4.11. The van der Waals surface area contributed by atoms with Crippen molar-refractivity contribution in [1.29, 1.82) is 0 Å². The molecule has 6 heteroatoms. The summed E-state index contributed by atoms with van der Waals surface area (Å²) in [6.07, 6.45) is 0. The van der Waals surface area contributed by atoms with E-state index < -0.39 is 12.0 Å². The molecule has 1 heterocycles. The zero-order valence-electron chi connectivity index (χ0n) is 15.9. The van der Waals surface area contributed by atoms with Gasteiger partial charge in [0.2, 0.25) is 5.78 Å². The standard InChI is InChI=1S/C20H26N2O4/c1-6-25-16-10-8-15(9-11-16)21-14(5)19(23)18-12(3)17(13(4)22-18)20(24)26-7-2/h8-11,14,21-22H,6-7H2,1-5H3/t14-/m0/s1. The van der Waals surface area contributed by atoms with Crippen LogP contribution in [-0.4, -0.2) is 36.0 Å². The summed E-state index contributed by atoms with van der Waals surface area (Å²) in [5.41, 5.74) is 2.93. The minimum atomic E-state index is -0.459. The topological polar surface area (TPSA) is 80.4 Å². The molecular formula is C20H26N2O4. The van der Waals surface area contributed by atoms with Crippen LogP contribution in [0.15, 0.2) is 24.3 Å². The molecule has 1 aromatic heterocycles. The van der Waals surface area contributed by atoms with Gasteiger partial charge in [-0.15, -0.1) is 0 Å². The highest BCUT2D eigenvalue weighted by Gasteiger charge is 2.25. The molecular weight excluding hydrogens is 332 g/mol. The minimum absolute atomic E-state index is 0.116. The maximum atomic E-state index is 12.8. The maximum Gasteiger partial charge on any atom is 0.340 e. The number of Topliss-reactive ketones (excluding diaryl/α,β-unsaturated/α-hetero) is 1. The van der Waals surface area contributed by atoms with Crippen LogP contribution < -0.4 is 10.1 Å². The normalized spacial score (nSPS) is 11.7. The van der Waals surface area contributed by atoms with Gasteiger partial charge >= 0.3 is 5.97 Å². The largest absolute Gasteiger partial charge is 0.494 e. The summed E-state index contributed by atoms with van der Waals surface area (Å²) in [5, 5.41) is 3.18. The van der Waals surface area contributed by atoms with Crippen molar-refractivity contribution in [2.24, 2.45) is 0 Å². The number of carbonyl (C=O) groups excluding carboxylic acids is 2. The van der Waals surface area contributed by atoms with Crippen LogP contribution in [0.3, 0.4) is 0 Å². The van der Waals surface area contributed by atoms with Crippen molar-refractivity contribution in [1.82, 2.24) is 4.98 Å². The fourth-order valence-electron chi connectivity index (χ4n) is 2.85. The van der Waals surface area contributed by atoms with Crippen molar-refractivity contribution >= 4 is 17.4 Å². The van der Waals surface area contributed by atoms with Gasteiger partial charge in [0.1, 0.15) is 5.75 Å². The Kier molecular flexibility index (Phi) is 6.44. The molecule has 2 aromatic rings. The molecule has 0 aliphatic heterocycles. The Labute approximate surface area is 153 Å². The summed E-state index contributed by atoms with van der Waals surface area (Å²) in [7, 11) is 0. The van der Waals surface area contributed by atoms with Crippen LogP contribution in [-0.2, 0) is 4.74 Å². The number of carbonyl (C=O) groups is 2. The lowest BCUT2D eigenvalue weighted by molar-refractivity contribution is 0.0525. The van der Waals surface area contributed by atoms with Crippen LogP contribution in [0.5, 0.6) is 5.75 Å². The quantitative estimate of drug-likeness (QED) is 0.553. The molecule has 0 spiro atoms. The number of ether oxygens (including phenoxy) is 2. The van der Waals surface area contributed by atoms with Gasteiger partial charge in [0.25, 0.3) is 0 Å². The van der Waals surface area contributed by atoms with Crippen molar-refractivity contribution in [3.05, 3.63) is 46.8 Å². The van der Waals surface area contributed by atoms with E-state index >= 15 is 0 Å². The SMILES string of the molecule is CCOC(=O)c1c(C)[nH]c(C(=O)[C@H](C)Nc2ccc(OCC)cc2)c1C. The van der Waals surface area contributed by atoms with Crippen LogP contribution >= 0.6 is 0 Å². The first-order chi connectivity index (χ1) is 12.4. The molecule has 1 atom stereocenters. The van der Waals surface area contributed by atoms with Crippen LogP contribution in [0, 0.1) is 13.8 Å². The molecule has 0 saturated carbocycles. The summed E-state index contributed by atoms with van der Waals surface area (Å²) < 4.78 is 10.5. The number of rotatable bonds is 8. The highest BCUT2D eigenvalue weighted by molar-refractivity contribution is 6.04. The van der Waals surface area contributed by atoms with E-state index in [0.29, 0.717) is 35.7 Å². The first kappa shape index (κ1) is 19.6. The van der Waals surface area contributed by atoms with E-state index in [1.54, 1.807) is 27.7 Å². The lowest BCUT2D eigenvalue weighted by atomic mass is 10.0. The molecule has 2 N–H and O–H groups in total. The van der Waals surface area contributed by atoms with Gasteiger partial charge in [-0.3, -0.25) is 4.79 Å². The van der Waals surface area contributed by atoms with Gasteiger partial charge in [0, 0.05) is 11.4 Å². The lowest BCUT2D eigenvalue weighted by Gasteiger charge is -2.14. The Morgan fingerprint density at radius 3 is 2.35 bits per heavy atom. The average Bonchev–Trinajstić information content (AvgIpc) is 2.90. The first-order valence-corrected chi connectivity index (χ1v) is 8.78. The zero-order chi connectivity index (χ0) is 19.3. The van der Waals surface area contributed by atoms with E-state index in [4.69, 9.17) is 9.47 Å². The fourth-order valence-corrected chi connectivity index (χ4v) is 2.85. The number of hydrogen-bond donors (Lipinski definition) is 2. The second kappa shape index (κ2) is 8.56. The Balaban J connectivity index is 2.15. The molecule has 140 valence electrons. The van der Waals surface area contributed by atoms with Crippen LogP contribution in [0.25, 0.3) is 0 Å². The third kappa shape index (κ3) is 4.25. The molecule has 0 amide bonds. The molecule has 0 unspecified atom stereocenters. The Hall–Kier alpha value is -2.76. The maximum absolute atomic E-state index is 12.8. The minimum Gasteiger partial charge on any atom is -0.494 e. The predicted octanol–water partition coefficient (Wildman–Crippen LogP) is 3.89. The number of anilines is 1. The first-order valence-electron chi connectivity index (χ1n) is 8.78. The zero-order valence-corrected chi connectivity index (χ0v) is 15.9. The molecule has 0 bridgehead atoms. The van der Waals surface area contributed by atoms with Crippen molar-refractivity contribution in [2.75, 3.05) is 18.5 Å². The van der Waals surface area contributed by atoms with E-state index in [1.807, 2.05) is 31.2 Å². The number of esters is 1. The van der Waals surface area contributed by atoms with Crippen molar-refractivity contribution in [2.45, 2.75) is 40.7 Å². The van der Waals surface area contributed by atoms with E-state index in [2.05, 4.69) is 10.3 Å². The number of aromatic nitrogens is 1. The summed E-state index contributed by atoms with van der Waals surface area (Å²) in [5.74, 6) is 0.256. The summed E-state index contributed by atoms with van der Waals surface area (Å²) in [4.78, 5) is 27.9. The molecule has 0 radical (unpaired) electrons. The second-order valence-corrected chi connectivity index (χ2v) is 6.03. The number of hydrogen-bond acceptors (Lipinski definition) is 5. The molecule has 0 fully saturated rings. The van der Waals surface area contributed by atoms with E-state index in [1.165, 1.54) is 0 Å².